The number of sulfonamides is 1. The lowest BCUT2D eigenvalue weighted by atomic mass is 10.1. The van der Waals surface area contributed by atoms with Crippen molar-refractivity contribution in [2.45, 2.75) is 50.7 Å². The maximum atomic E-state index is 13.9. The summed E-state index contributed by atoms with van der Waals surface area (Å²) in [6.45, 7) is 4.95. The first-order valence-electron chi connectivity index (χ1n) is 12.6. The average Bonchev–Trinajstić information content (AvgIpc) is 2.95. The number of halogens is 1. The molecule has 0 fully saturated rings. The highest BCUT2D eigenvalue weighted by Crippen LogP contribution is 2.26. The molecule has 3 rings (SSSR count). The van der Waals surface area contributed by atoms with Gasteiger partial charge in [-0.15, -0.1) is 0 Å². The van der Waals surface area contributed by atoms with E-state index >= 15 is 0 Å². The Hall–Kier alpha value is -3.56. The molecule has 0 saturated heterocycles. The highest BCUT2D eigenvalue weighted by atomic mass is 35.5. The first-order chi connectivity index (χ1) is 18.6. The SMILES string of the molecule is CC[C@H](C)NC(=O)[C@@H](C)N(Cc1ccccc1Cl)C(=O)CN(c1ccccc1)S(=O)(=O)c1ccc(OC)cc1. The van der Waals surface area contributed by atoms with E-state index in [1.807, 2.05) is 13.8 Å². The summed E-state index contributed by atoms with van der Waals surface area (Å²) in [6, 6.07) is 20.4. The van der Waals surface area contributed by atoms with Gasteiger partial charge in [-0.2, -0.15) is 0 Å². The van der Waals surface area contributed by atoms with Gasteiger partial charge in [-0.25, -0.2) is 8.42 Å². The number of carbonyl (C=O) groups is 2. The third-order valence-electron chi connectivity index (χ3n) is 6.44. The zero-order chi connectivity index (χ0) is 28.6. The maximum Gasteiger partial charge on any atom is 0.264 e. The predicted molar refractivity (Wildman–Crippen MR) is 153 cm³/mol. The summed E-state index contributed by atoms with van der Waals surface area (Å²) in [7, 11) is -2.66. The molecule has 3 aromatic rings. The lowest BCUT2D eigenvalue weighted by molar-refractivity contribution is -0.139. The van der Waals surface area contributed by atoms with E-state index in [9.17, 15) is 18.0 Å². The number of amides is 2. The third-order valence-corrected chi connectivity index (χ3v) is 8.59. The largest absolute Gasteiger partial charge is 0.497 e. The fourth-order valence-electron chi connectivity index (χ4n) is 3.86. The van der Waals surface area contributed by atoms with Gasteiger partial charge >= 0.3 is 0 Å². The van der Waals surface area contributed by atoms with Gasteiger partial charge in [0.2, 0.25) is 11.8 Å². The number of carbonyl (C=O) groups excluding carboxylic acids is 2. The topological polar surface area (TPSA) is 96.0 Å². The number of methoxy groups -OCH3 is 1. The van der Waals surface area contributed by atoms with Crippen LogP contribution in [0.1, 0.15) is 32.8 Å². The molecular formula is C29H34ClN3O5S. The minimum atomic E-state index is -4.15. The molecule has 0 saturated carbocycles. The zero-order valence-electron chi connectivity index (χ0n) is 22.5. The minimum Gasteiger partial charge on any atom is -0.497 e. The van der Waals surface area contributed by atoms with Gasteiger partial charge in [0.15, 0.2) is 0 Å². The molecule has 0 heterocycles. The summed E-state index contributed by atoms with van der Waals surface area (Å²) in [5, 5.41) is 3.35. The molecule has 0 bridgehead atoms. The number of para-hydroxylation sites is 1. The van der Waals surface area contributed by atoms with Crippen molar-refractivity contribution >= 4 is 39.1 Å². The molecule has 0 spiro atoms. The highest BCUT2D eigenvalue weighted by Gasteiger charge is 2.33. The quantitative estimate of drug-likeness (QED) is 0.334. The maximum absolute atomic E-state index is 13.9. The standard InChI is InChI=1S/C29H34ClN3O5S/c1-5-21(2)31-29(35)22(3)32(19-23-11-9-10-14-27(23)30)28(34)20-33(24-12-7-6-8-13-24)39(36,37)26-17-15-25(38-4)16-18-26/h6-18,21-22H,5,19-20H2,1-4H3,(H,31,35)/t21-,22+/m0/s1. The number of hydrogen-bond donors (Lipinski definition) is 1. The Kier molecular flexibility index (Phi) is 10.4. The Morgan fingerprint density at radius 3 is 2.15 bits per heavy atom. The number of nitrogens with zero attached hydrogens (tertiary/aromatic N) is 2. The molecule has 39 heavy (non-hydrogen) atoms. The Morgan fingerprint density at radius 1 is 0.949 bits per heavy atom. The van der Waals surface area contributed by atoms with E-state index < -0.39 is 28.5 Å². The first-order valence-corrected chi connectivity index (χ1v) is 14.4. The number of benzene rings is 3. The van der Waals surface area contributed by atoms with Crippen LogP contribution in [0, 0.1) is 0 Å². The Morgan fingerprint density at radius 2 is 1.56 bits per heavy atom. The Labute approximate surface area is 235 Å². The Bertz CT molecular complexity index is 1370. The van der Waals surface area contributed by atoms with Gasteiger partial charge in [0.05, 0.1) is 17.7 Å². The smallest absolute Gasteiger partial charge is 0.264 e. The van der Waals surface area contributed by atoms with Crippen LogP contribution < -0.4 is 14.4 Å². The lowest BCUT2D eigenvalue weighted by Gasteiger charge is -2.32. The van der Waals surface area contributed by atoms with E-state index in [0.717, 1.165) is 10.7 Å². The molecule has 0 unspecified atom stereocenters. The zero-order valence-corrected chi connectivity index (χ0v) is 24.1. The molecule has 3 aromatic carbocycles. The number of rotatable bonds is 12. The molecule has 0 aliphatic carbocycles. The highest BCUT2D eigenvalue weighted by molar-refractivity contribution is 7.92. The molecule has 0 aromatic heterocycles. The van der Waals surface area contributed by atoms with Crippen molar-refractivity contribution in [2.24, 2.45) is 0 Å². The van der Waals surface area contributed by atoms with Gasteiger partial charge < -0.3 is 15.0 Å². The predicted octanol–water partition coefficient (Wildman–Crippen LogP) is 4.88. The average molecular weight is 572 g/mol. The van der Waals surface area contributed by atoms with Crippen LogP contribution >= 0.6 is 11.6 Å². The van der Waals surface area contributed by atoms with Gasteiger partial charge in [-0.05, 0) is 68.3 Å². The second-order valence-electron chi connectivity index (χ2n) is 9.13. The molecule has 1 N–H and O–H groups in total. The normalized spacial score (nSPS) is 12.7. The van der Waals surface area contributed by atoms with Crippen molar-refractivity contribution in [3.8, 4) is 5.75 Å². The summed E-state index contributed by atoms with van der Waals surface area (Å²) in [5.74, 6) is -0.389. The summed E-state index contributed by atoms with van der Waals surface area (Å²) < 4.78 is 33.8. The molecular weight excluding hydrogens is 538 g/mol. The molecule has 0 aliphatic rings. The van der Waals surface area contributed by atoms with E-state index in [0.29, 0.717) is 22.0 Å². The van der Waals surface area contributed by atoms with Crippen LogP contribution in [0.5, 0.6) is 5.75 Å². The number of ether oxygens (including phenoxy) is 1. The fraction of sp³-hybridized carbons (Fsp3) is 0.310. The molecule has 0 aliphatic heterocycles. The van der Waals surface area contributed by atoms with Gasteiger partial charge in [0.25, 0.3) is 10.0 Å². The summed E-state index contributed by atoms with van der Waals surface area (Å²) >= 11 is 6.39. The molecule has 2 atom stereocenters. The van der Waals surface area contributed by atoms with Crippen LogP contribution in [-0.4, -0.2) is 50.9 Å². The van der Waals surface area contributed by atoms with Crippen LogP contribution in [-0.2, 0) is 26.2 Å². The van der Waals surface area contributed by atoms with Gasteiger partial charge in [0.1, 0.15) is 18.3 Å². The van der Waals surface area contributed by atoms with Crippen LogP contribution in [0.2, 0.25) is 5.02 Å². The van der Waals surface area contributed by atoms with Crippen LogP contribution in [0.25, 0.3) is 0 Å². The third kappa shape index (κ3) is 7.52. The van der Waals surface area contributed by atoms with Crippen molar-refractivity contribution in [1.82, 2.24) is 10.2 Å². The van der Waals surface area contributed by atoms with Crippen LogP contribution in [0.4, 0.5) is 5.69 Å². The van der Waals surface area contributed by atoms with Gasteiger partial charge in [0, 0.05) is 17.6 Å². The first kappa shape index (κ1) is 30.0. The van der Waals surface area contributed by atoms with Crippen molar-refractivity contribution in [1.29, 1.82) is 0 Å². The molecule has 2 amide bonds. The van der Waals surface area contributed by atoms with Crippen molar-refractivity contribution in [2.75, 3.05) is 18.0 Å². The minimum absolute atomic E-state index is 0.000156. The van der Waals surface area contributed by atoms with E-state index in [-0.39, 0.29) is 23.4 Å². The van der Waals surface area contributed by atoms with Gasteiger partial charge in [-0.3, -0.25) is 13.9 Å². The number of hydrogen-bond acceptors (Lipinski definition) is 5. The van der Waals surface area contributed by atoms with Crippen molar-refractivity contribution in [3.63, 3.8) is 0 Å². The molecule has 0 radical (unpaired) electrons. The second-order valence-corrected chi connectivity index (χ2v) is 11.4. The summed E-state index contributed by atoms with van der Waals surface area (Å²) in [5.41, 5.74) is 0.955. The number of anilines is 1. The summed E-state index contributed by atoms with van der Waals surface area (Å²) in [6.07, 6.45) is 0.721. The van der Waals surface area contributed by atoms with Crippen molar-refractivity contribution in [3.05, 3.63) is 89.4 Å². The van der Waals surface area contributed by atoms with E-state index in [1.54, 1.807) is 73.7 Å². The number of nitrogens with one attached hydrogen (secondary N) is 1. The molecule has 208 valence electrons. The fourth-order valence-corrected chi connectivity index (χ4v) is 5.47. The summed E-state index contributed by atoms with van der Waals surface area (Å²) in [4.78, 5) is 28.3. The second kappa shape index (κ2) is 13.5. The van der Waals surface area contributed by atoms with E-state index in [2.05, 4.69) is 5.32 Å². The molecule has 10 heteroatoms. The molecule has 8 nitrogen and oxygen atoms in total. The van der Waals surface area contributed by atoms with Crippen LogP contribution in [0.15, 0.2) is 83.8 Å². The monoisotopic (exact) mass is 571 g/mol. The van der Waals surface area contributed by atoms with Crippen molar-refractivity contribution < 1.29 is 22.7 Å². The Balaban J connectivity index is 2.01. The van der Waals surface area contributed by atoms with Gasteiger partial charge in [-0.1, -0.05) is 54.9 Å². The lowest BCUT2D eigenvalue weighted by Crippen LogP contribution is -2.52. The van der Waals surface area contributed by atoms with E-state index in [4.69, 9.17) is 16.3 Å². The van der Waals surface area contributed by atoms with Crippen LogP contribution in [0.3, 0.4) is 0 Å². The van der Waals surface area contributed by atoms with E-state index in [1.165, 1.54) is 24.1 Å².